The molecular weight excluding hydrogens is 310 g/mol. The Hall–Kier alpha value is -3.53. The number of benzene rings is 2. The lowest BCUT2D eigenvalue weighted by Gasteiger charge is -2.07. The summed E-state index contributed by atoms with van der Waals surface area (Å²) in [5.41, 5.74) is 6.03. The zero-order valence-electron chi connectivity index (χ0n) is 13.5. The summed E-state index contributed by atoms with van der Waals surface area (Å²) in [5, 5.41) is 4.33. The highest BCUT2D eigenvalue weighted by Crippen LogP contribution is 2.10. The van der Waals surface area contributed by atoms with Crippen molar-refractivity contribution in [2.24, 2.45) is 5.10 Å². The minimum absolute atomic E-state index is 0.298. The van der Waals surface area contributed by atoms with E-state index in [2.05, 4.69) is 15.5 Å². The van der Waals surface area contributed by atoms with Gasteiger partial charge in [0.1, 0.15) is 0 Å². The minimum atomic E-state index is -0.298. The first-order chi connectivity index (χ1) is 12.3. The number of amides is 1. The van der Waals surface area contributed by atoms with Gasteiger partial charge in [-0.2, -0.15) is 5.10 Å². The van der Waals surface area contributed by atoms with Gasteiger partial charge in [-0.05, 0) is 17.7 Å². The summed E-state index contributed by atoms with van der Waals surface area (Å²) >= 11 is 0. The molecule has 0 atom stereocenters. The quantitative estimate of drug-likeness (QED) is 0.442. The Balaban J connectivity index is 1.79. The zero-order chi connectivity index (χ0) is 17.3. The number of rotatable bonds is 5. The van der Waals surface area contributed by atoms with Gasteiger partial charge in [-0.15, -0.1) is 0 Å². The van der Waals surface area contributed by atoms with Gasteiger partial charge in [-0.3, -0.25) is 9.78 Å². The molecule has 1 amide bonds. The van der Waals surface area contributed by atoms with Crippen LogP contribution in [0, 0.1) is 0 Å². The van der Waals surface area contributed by atoms with Gasteiger partial charge in [0, 0.05) is 29.6 Å². The van der Waals surface area contributed by atoms with Crippen LogP contribution in [-0.4, -0.2) is 16.6 Å². The van der Waals surface area contributed by atoms with Gasteiger partial charge in [-0.1, -0.05) is 66.7 Å². The third-order valence-corrected chi connectivity index (χ3v) is 3.48. The van der Waals surface area contributed by atoms with Gasteiger partial charge in [0.25, 0.3) is 5.91 Å². The van der Waals surface area contributed by atoms with Crippen molar-refractivity contribution >= 4 is 17.7 Å². The summed E-state index contributed by atoms with van der Waals surface area (Å²) in [6.45, 7) is 0. The van der Waals surface area contributed by atoms with Crippen molar-refractivity contribution < 1.29 is 4.79 Å². The summed E-state index contributed by atoms with van der Waals surface area (Å²) in [6, 6.07) is 23.2. The molecule has 4 heteroatoms. The van der Waals surface area contributed by atoms with Gasteiger partial charge >= 0.3 is 0 Å². The molecule has 0 aliphatic heterocycles. The van der Waals surface area contributed by atoms with Gasteiger partial charge in [0.2, 0.25) is 0 Å². The number of pyridine rings is 1. The van der Waals surface area contributed by atoms with Crippen LogP contribution in [0.5, 0.6) is 0 Å². The second-order valence-corrected chi connectivity index (χ2v) is 5.29. The summed E-state index contributed by atoms with van der Waals surface area (Å²) in [7, 11) is 0. The molecular formula is C21H17N3O. The van der Waals surface area contributed by atoms with E-state index in [1.165, 1.54) is 6.08 Å². The Bertz CT molecular complexity index is 831. The number of hydrogen-bond donors (Lipinski definition) is 1. The predicted molar refractivity (Wildman–Crippen MR) is 99.9 cm³/mol. The van der Waals surface area contributed by atoms with Crippen LogP contribution < -0.4 is 5.43 Å². The standard InChI is InChI=1S/C21H17N3O/c25-20(14-13-17-8-7-15-22-16-17)23-24-21(18-9-3-1-4-10-18)19-11-5-2-6-12-19/h1-16H,(H,23,25)/b14-13+. The van der Waals surface area contributed by atoms with E-state index in [0.717, 1.165) is 16.7 Å². The highest BCUT2D eigenvalue weighted by Gasteiger charge is 2.06. The van der Waals surface area contributed by atoms with Gasteiger partial charge < -0.3 is 0 Å². The van der Waals surface area contributed by atoms with E-state index in [-0.39, 0.29) is 5.91 Å². The van der Waals surface area contributed by atoms with E-state index < -0.39 is 0 Å². The Kier molecular flexibility index (Phi) is 5.46. The molecule has 3 rings (SSSR count). The highest BCUT2D eigenvalue weighted by molar-refractivity contribution is 6.13. The van der Waals surface area contributed by atoms with Crippen LogP contribution in [0.4, 0.5) is 0 Å². The molecule has 3 aromatic rings. The topological polar surface area (TPSA) is 54.4 Å². The molecule has 0 aliphatic rings. The number of nitrogens with one attached hydrogen (secondary N) is 1. The average Bonchev–Trinajstić information content (AvgIpc) is 2.69. The SMILES string of the molecule is O=C(/C=C/c1cccnc1)NN=C(c1ccccc1)c1ccccc1. The summed E-state index contributed by atoms with van der Waals surface area (Å²) in [6.07, 6.45) is 6.51. The van der Waals surface area contributed by atoms with Crippen LogP contribution in [-0.2, 0) is 4.79 Å². The van der Waals surface area contributed by atoms with E-state index >= 15 is 0 Å². The summed E-state index contributed by atoms with van der Waals surface area (Å²) < 4.78 is 0. The molecule has 0 saturated heterocycles. The van der Waals surface area contributed by atoms with Gasteiger partial charge in [0.15, 0.2) is 0 Å². The number of carbonyl (C=O) groups is 1. The van der Waals surface area contributed by atoms with E-state index in [0.29, 0.717) is 5.71 Å². The molecule has 1 heterocycles. The average molecular weight is 327 g/mol. The van der Waals surface area contributed by atoms with E-state index in [1.54, 1.807) is 18.5 Å². The zero-order valence-corrected chi connectivity index (χ0v) is 13.5. The van der Waals surface area contributed by atoms with Crippen molar-refractivity contribution in [3.63, 3.8) is 0 Å². The van der Waals surface area contributed by atoms with Crippen LogP contribution in [0.25, 0.3) is 6.08 Å². The maximum Gasteiger partial charge on any atom is 0.264 e. The second-order valence-electron chi connectivity index (χ2n) is 5.29. The van der Waals surface area contributed by atoms with Crippen molar-refractivity contribution in [3.8, 4) is 0 Å². The Labute approximate surface area is 146 Å². The van der Waals surface area contributed by atoms with Gasteiger partial charge in [-0.25, -0.2) is 5.43 Å². The largest absolute Gasteiger partial charge is 0.268 e. The molecule has 4 nitrogen and oxygen atoms in total. The molecule has 122 valence electrons. The molecule has 2 aromatic carbocycles. The lowest BCUT2D eigenvalue weighted by molar-refractivity contribution is -0.116. The molecule has 25 heavy (non-hydrogen) atoms. The monoisotopic (exact) mass is 327 g/mol. The van der Waals surface area contributed by atoms with Gasteiger partial charge in [0.05, 0.1) is 5.71 Å². The van der Waals surface area contributed by atoms with Crippen LogP contribution in [0.3, 0.4) is 0 Å². The number of hydrazone groups is 1. The van der Waals surface area contributed by atoms with Crippen molar-refractivity contribution in [3.05, 3.63) is 108 Å². The molecule has 0 bridgehead atoms. The van der Waals surface area contributed by atoms with Crippen LogP contribution >= 0.6 is 0 Å². The van der Waals surface area contributed by atoms with Crippen molar-refractivity contribution in [1.29, 1.82) is 0 Å². The van der Waals surface area contributed by atoms with E-state index in [9.17, 15) is 4.79 Å². The molecule has 1 aromatic heterocycles. The normalized spacial score (nSPS) is 10.4. The molecule has 0 saturated carbocycles. The smallest absolute Gasteiger partial charge is 0.264 e. The Morgan fingerprint density at radius 1 is 0.880 bits per heavy atom. The maximum absolute atomic E-state index is 12.1. The Morgan fingerprint density at radius 2 is 1.52 bits per heavy atom. The van der Waals surface area contributed by atoms with Crippen molar-refractivity contribution in [1.82, 2.24) is 10.4 Å². The number of hydrogen-bond acceptors (Lipinski definition) is 3. The van der Waals surface area contributed by atoms with Crippen LogP contribution in [0.2, 0.25) is 0 Å². The summed E-state index contributed by atoms with van der Waals surface area (Å²) in [4.78, 5) is 16.1. The second kappa shape index (κ2) is 8.36. The predicted octanol–water partition coefficient (Wildman–Crippen LogP) is 3.66. The third-order valence-electron chi connectivity index (χ3n) is 3.48. The molecule has 0 aliphatic carbocycles. The van der Waals surface area contributed by atoms with E-state index in [4.69, 9.17) is 0 Å². The minimum Gasteiger partial charge on any atom is -0.268 e. The first kappa shape index (κ1) is 16.3. The molecule has 0 radical (unpaired) electrons. The van der Waals surface area contributed by atoms with E-state index in [1.807, 2.05) is 72.8 Å². The number of carbonyl (C=O) groups excluding carboxylic acids is 1. The van der Waals surface area contributed by atoms with Crippen molar-refractivity contribution in [2.45, 2.75) is 0 Å². The first-order valence-electron chi connectivity index (χ1n) is 7.89. The lowest BCUT2D eigenvalue weighted by atomic mass is 10.0. The maximum atomic E-state index is 12.1. The van der Waals surface area contributed by atoms with Crippen molar-refractivity contribution in [2.75, 3.05) is 0 Å². The Morgan fingerprint density at radius 3 is 2.08 bits per heavy atom. The molecule has 0 unspecified atom stereocenters. The number of aromatic nitrogens is 1. The van der Waals surface area contributed by atoms with Crippen LogP contribution in [0.1, 0.15) is 16.7 Å². The fourth-order valence-electron chi connectivity index (χ4n) is 2.28. The lowest BCUT2D eigenvalue weighted by Crippen LogP contribution is -2.18. The summed E-state index contributed by atoms with van der Waals surface area (Å²) in [5.74, 6) is -0.298. The first-order valence-corrected chi connectivity index (χ1v) is 7.89. The highest BCUT2D eigenvalue weighted by atomic mass is 16.2. The molecule has 0 spiro atoms. The fourth-order valence-corrected chi connectivity index (χ4v) is 2.28. The molecule has 1 N–H and O–H groups in total. The number of nitrogens with zero attached hydrogens (tertiary/aromatic N) is 2. The third kappa shape index (κ3) is 4.72. The fraction of sp³-hybridized carbons (Fsp3) is 0. The van der Waals surface area contributed by atoms with Crippen LogP contribution in [0.15, 0.2) is 96.4 Å². The molecule has 0 fully saturated rings.